The van der Waals surface area contributed by atoms with Crippen molar-refractivity contribution in [2.75, 3.05) is 18.2 Å². The summed E-state index contributed by atoms with van der Waals surface area (Å²) >= 11 is 2.81. The van der Waals surface area contributed by atoms with Crippen molar-refractivity contribution in [2.24, 2.45) is 0 Å². The maximum atomic E-state index is 10.9. The van der Waals surface area contributed by atoms with E-state index in [0.717, 1.165) is 21.3 Å². The summed E-state index contributed by atoms with van der Waals surface area (Å²) in [5.74, 6) is 1.30. The third kappa shape index (κ3) is 3.94. The topological polar surface area (TPSA) is 64.1 Å². The summed E-state index contributed by atoms with van der Waals surface area (Å²) in [5, 5.41) is 12.0. The minimum atomic E-state index is 0.125. The summed E-state index contributed by atoms with van der Waals surface area (Å²) in [6.07, 6.45) is 0. The molecule has 0 fully saturated rings. The third-order valence-corrected chi connectivity index (χ3v) is 4.52. The van der Waals surface area contributed by atoms with E-state index in [1.54, 1.807) is 14.0 Å². The van der Waals surface area contributed by atoms with E-state index in [0.29, 0.717) is 10.9 Å². The van der Waals surface area contributed by atoms with Crippen LogP contribution in [0.5, 0.6) is 5.75 Å². The highest BCUT2D eigenvalue weighted by Gasteiger charge is 2.09. The van der Waals surface area contributed by atoms with Crippen molar-refractivity contribution >= 4 is 39.7 Å². The monoisotopic (exact) mass is 309 g/mol. The Bertz CT molecular complexity index is 613. The molecule has 0 bridgehead atoms. The Balaban J connectivity index is 2.10. The van der Waals surface area contributed by atoms with Crippen LogP contribution in [0.3, 0.4) is 0 Å². The van der Waals surface area contributed by atoms with Gasteiger partial charge in [-0.1, -0.05) is 29.2 Å². The number of carbonyl (C=O) groups excluding carboxylic acids is 1. The number of methoxy groups -OCH3 is 1. The van der Waals surface area contributed by atoms with E-state index in [1.807, 2.05) is 25.1 Å². The van der Waals surface area contributed by atoms with Crippen LogP contribution in [0.15, 0.2) is 22.5 Å². The molecular weight excluding hydrogens is 294 g/mol. The van der Waals surface area contributed by atoms with E-state index < -0.39 is 0 Å². The molecule has 0 saturated carbocycles. The van der Waals surface area contributed by atoms with Gasteiger partial charge in [0.05, 0.1) is 18.6 Å². The quantitative estimate of drug-likeness (QED) is 0.826. The number of rotatable bonds is 6. The Hall–Kier alpha value is -1.60. The molecule has 0 aliphatic rings. The summed E-state index contributed by atoms with van der Waals surface area (Å²) in [6.45, 7) is 3.57. The zero-order chi connectivity index (χ0) is 14.5. The van der Waals surface area contributed by atoms with Crippen LogP contribution in [0.4, 0.5) is 10.8 Å². The van der Waals surface area contributed by atoms with Crippen LogP contribution >= 0.6 is 23.1 Å². The van der Waals surface area contributed by atoms with Gasteiger partial charge in [0.25, 0.3) is 0 Å². The Morgan fingerprint density at radius 2 is 2.25 bits per heavy atom. The number of hydrogen-bond donors (Lipinski definition) is 1. The zero-order valence-corrected chi connectivity index (χ0v) is 13.1. The van der Waals surface area contributed by atoms with Gasteiger partial charge < -0.3 is 10.1 Å². The van der Waals surface area contributed by atoms with E-state index in [1.165, 1.54) is 23.1 Å². The second-order valence-corrected chi connectivity index (χ2v) is 6.39. The molecular formula is C13H15N3O2S2. The van der Waals surface area contributed by atoms with Gasteiger partial charge in [0.15, 0.2) is 4.34 Å². The highest BCUT2D eigenvalue weighted by atomic mass is 32.2. The number of hydrogen-bond acceptors (Lipinski definition) is 7. The number of ketones is 1. The van der Waals surface area contributed by atoms with E-state index >= 15 is 0 Å². The molecule has 0 amide bonds. The predicted molar refractivity (Wildman–Crippen MR) is 82.3 cm³/mol. The molecule has 0 spiro atoms. The lowest BCUT2D eigenvalue weighted by Crippen LogP contribution is -1.94. The number of Topliss-reactive ketones (excluding diaryl/α,β-unsaturated/α-hetero) is 1. The summed E-state index contributed by atoms with van der Waals surface area (Å²) in [5.41, 5.74) is 1.98. The summed E-state index contributed by atoms with van der Waals surface area (Å²) in [4.78, 5) is 10.9. The second kappa shape index (κ2) is 6.71. The van der Waals surface area contributed by atoms with E-state index in [-0.39, 0.29) is 5.78 Å². The molecule has 1 N–H and O–H groups in total. The molecule has 0 unspecified atom stereocenters. The lowest BCUT2D eigenvalue weighted by atomic mass is 10.2. The molecule has 0 saturated heterocycles. The smallest absolute Gasteiger partial charge is 0.210 e. The molecule has 1 heterocycles. The highest BCUT2D eigenvalue weighted by molar-refractivity contribution is 8.01. The number of benzene rings is 1. The maximum Gasteiger partial charge on any atom is 0.210 e. The van der Waals surface area contributed by atoms with Crippen molar-refractivity contribution < 1.29 is 9.53 Å². The molecule has 20 heavy (non-hydrogen) atoms. The molecule has 0 atom stereocenters. The average Bonchev–Trinajstić information content (AvgIpc) is 2.84. The van der Waals surface area contributed by atoms with Crippen LogP contribution in [-0.2, 0) is 4.79 Å². The van der Waals surface area contributed by atoms with E-state index in [4.69, 9.17) is 4.74 Å². The number of nitrogens with zero attached hydrogens (tertiary/aromatic N) is 2. The van der Waals surface area contributed by atoms with Crippen LogP contribution in [-0.4, -0.2) is 28.8 Å². The molecule has 5 nitrogen and oxygen atoms in total. The molecule has 106 valence electrons. The fourth-order valence-corrected chi connectivity index (χ4v) is 3.08. The molecule has 7 heteroatoms. The minimum absolute atomic E-state index is 0.125. The first-order chi connectivity index (χ1) is 9.58. The van der Waals surface area contributed by atoms with Gasteiger partial charge in [0.2, 0.25) is 5.13 Å². The van der Waals surface area contributed by atoms with E-state index in [2.05, 4.69) is 15.5 Å². The largest absolute Gasteiger partial charge is 0.495 e. The van der Waals surface area contributed by atoms with Gasteiger partial charge in [-0.3, -0.25) is 4.79 Å². The number of carbonyl (C=O) groups is 1. The minimum Gasteiger partial charge on any atom is -0.495 e. The van der Waals surface area contributed by atoms with Gasteiger partial charge in [-0.25, -0.2) is 0 Å². The maximum absolute atomic E-state index is 10.9. The molecule has 1 aromatic heterocycles. The van der Waals surface area contributed by atoms with Crippen molar-refractivity contribution in [3.05, 3.63) is 23.8 Å². The van der Waals surface area contributed by atoms with Gasteiger partial charge in [0.1, 0.15) is 11.5 Å². The SMILES string of the molecule is COc1ccc(C)cc1Nc1nnc(SCC(C)=O)s1. The molecule has 2 aromatic rings. The van der Waals surface area contributed by atoms with Crippen LogP contribution < -0.4 is 10.1 Å². The molecule has 0 radical (unpaired) electrons. The van der Waals surface area contributed by atoms with Crippen molar-refractivity contribution in [1.82, 2.24) is 10.2 Å². The standard InChI is InChI=1S/C13H15N3O2S2/c1-8-4-5-11(18-3)10(6-8)14-12-15-16-13(20-12)19-7-9(2)17/h4-6H,7H2,1-3H3,(H,14,15). The van der Waals surface area contributed by atoms with Crippen molar-refractivity contribution in [2.45, 2.75) is 18.2 Å². The van der Waals surface area contributed by atoms with E-state index in [9.17, 15) is 4.79 Å². The predicted octanol–water partition coefficient (Wildman–Crippen LogP) is 3.28. The molecule has 1 aromatic carbocycles. The molecule has 2 rings (SSSR count). The lowest BCUT2D eigenvalue weighted by Gasteiger charge is -2.09. The number of anilines is 2. The summed E-state index contributed by atoms with van der Waals surface area (Å²) < 4.78 is 6.07. The number of aromatic nitrogens is 2. The summed E-state index contributed by atoms with van der Waals surface area (Å²) in [7, 11) is 1.63. The second-order valence-electron chi connectivity index (χ2n) is 4.19. The summed E-state index contributed by atoms with van der Waals surface area (Å²) in [6, 6.07) is 5.88. The van der Waals surface area contributed by atoms with Crippen LogP contribution in [0.25, 0.3) is 0 Å². The lowest BCUT2D eigenvalue weighted by molar-refractivity contribution is -0.114. The Labute approximate surface area is 125 Å². The first-order valence-corrected chi connectivity index (χ1v) is 7.76. The van der Waals surface area contributed by atoms with Crippen molar-refractivity contribution in [1.29, 1.82) is 0 Å². The van der Waals surface area contributed by atoms with Gasteiger partial charge in [-0.05, 0) is 31.5 Å². The van der Waals surface area contributed by atoms with Crippen LogP contribution in [0.2, 0.25) is 0 Å². The normalized spacial score (nSPS) is 10.3. The Kier molecular flexibility index (Phi) is 4.97. The Morgan fingerprint density at radius 3 is 2.95 bits per heavy atom. The third-order valence-electron chi connectivity index (χ3n) is 2.40. The molecule has 0 aliphatic heterocycles. The fraction of sp³-hybridized carbons (Fsp3) is 0.308. The fourth-order valence-electron chi connectivity index (χ4n) is 1.52. The zero-order valence-electron chi connectivity index (χ0n) is 11.5. The average molecular weight is 309 g/mol. The van der Waals surface area contributed by atoms with Crippen molar-refractivity contribution in [3.63, 3.8) is 0 Å². The van der Waals surface area contributed by atoms with Gasteiger partial charge >= 0.3 is 0 Å². The number of nitrogens with one attached hydrogen (secondary N) is 1. The Morgan fingerprint density at radius 1 is 1.45 bits per heavy atom. The van der Waals surface area contributed by atoms with Gasteiger partial charge in [0, 0.05) is 0 Å². The number of thioether (sulfide) groups is 1. The highest BCUT2D eigenvalue weighted by Crippen LogP contribution is 2.32. The van der Waals surface area contributed by atoms with Crippen molar-refractivity contribution in [3.8, 4) is 5.75 Å². The first kappa shape index (κ1) is 14.8. The van der Waals surface area contributed by atoms with Crippen LogP contribution in [0, 0.1) is 6.92 Å². The van der Waals surface area contributed by atoms with Gasteiger partial charge in [-0.15, -0.1) is 10.2 Å². The van der Waals surface area contributed by atoms with Gasteiger partial charge in [-0.2, -0.15) is 0 Å². The number of ether oxygens (including phenoxy) is 1. The number of aryl methyl sites for hydroxylation is 1. The first-order valence-electron chi connectivity index (χ1n) is 5.96. The molecule has 0 aliphatic carbocycles. The van der Waals surface area contributed by atoms with Crippen LogP contribution in [0.1, 0.15) is 12.5 Å².